The summed E-state index contributed by atoms with van der Waals surface area (Å²) >= 11 is 0. The highest BCUT2D eigenvalue weighted by atomic mass is 16.2. The van der Waals surface area contributed by atoms with Gasteiger partial charge in [0, 0.05) is 41.5 Å². The van der Waals surface area contributed by atoms with Crippen LogP contribution in [0.2, 0.25) is 0 Å². The summed E-state index contributed by atoms with van der Waals surface area (Å²) in [4.78, 5) is 26.4. The van der Waals surface area contributed by atoms with Crippen molar-refractivity contribution in [3.63, 3.8) is 0 Å². The average molecular weight is 359 g/mol. The topological polar surface area (TPSA) is 85.5 Å². The van der Waals surface area contributed by atoms with Gasteiger partial charge < -0.3 is 26.2 Å². The zero-order valence-electron chi connectivity index (χ0n) is 14.3. The highest BCUT2D eigenvalue weighted by molar-refractivity contribution is 6.00. The minimum absolute atomic E-state index is 0.0731. The van der Waals surface area contributed by atoms with E-state index < -0.39 is 0 Å². The molecule has 0 fully saturated rings. The van der Waals surface area contributed by atoms with Crippen molar-refractivity contribution in [1.29, 1.82) is 0 Å². The van der Waals surface area contributed by atoms with Crippen molar-refractivity contribution in [3.8, 4) is 0 Å². The monoisotopic (exact) mass is 359 g/mol. The van der Waals surface area contributed by atoms with Gasteiger partial charge >= 0.3 is 6.03 Å². The van der Waals surface area contributed by atoms with Crippen molar-refractivity contribution in [2.75, 3.05) is 10.6 Å². The summed E-state index contributed by atoms with van der Waals surface area (Å²) in [6, 6.07) is 14.7. The van der Waals surface area contributed by atoms with Gasteiger partial charge in [-0.25, -0.2) is 4.79 Å². The van der Waals surface area contributed by atoms with Crippen LogP contribution in [0.25, 0.3) is 5.70 Å². The summed E-state index contributed by atoms with van der Waals surface area (Å²) in [5.74, 6) is -0.0731. The number of hydrogen-bond acceptors (Lipinski definition) is 4. The first-order valence-corrected chi connectivity index (χ1v) is 8.70. The third-order valence-electron chi connectivity index (χ3n) is 4.89. The van der Waals surface area contributed by atoms with Crippen molar-refractivity contribution in [2.24, 2.45) is 0 Å². The van der Waals surface area contributed by atoms with Crippen LogP contribution in [-0.4, -0.2) is 23.0 Å². The Bertz CT molecular complexity index is 1010. The third kappa shape index (κ3) is 2.60. The fourth-order valence-electron chi connectivity index (χ4n) is 3.68. The second-order valence-corrected chi connectivity index (χ2v) is 6.60. The zero-order chi connectivity index (χ0) is 18.4. The molecule has 0 spiro atoms. The number of benzene rings is 2. The van der Waals surface area contributed by atoms with Crippen LogP contribution in [-0.2, 0) is 11.2 Å². The molecule has 7 nitrogen and oxygen atoms in total. The molecule has 5 rings (SSSR count). The van der Waals surface area contributed by atoms with Gasteiger partial charge in [-0.15, -0.1) is 0 Å². The number of allylic oxidation sites excluding steroid dienone is 1. The molecule has 0 saturated carbocycles. The van der Waals surface area contributed by atoms with E-state index in [9.17, 15) is 9.59 Å². The van der Waals surface area contributed by atoms with Crippen molar-refractivity contribution in [3.05, 3.63) is 77.8 Å². The summed E-state index contributed by atoms with van der Waals surface area (Å²) < 4.78 is 0. The smallest absolute Gasteiger partial charge is 0.323 e. The number of fused-ring (bicyclic) bond motifs is 4. The molecule has 27 heavy (non-hydrogen) atoms. The lowest BCUT2D eigenvalue weighted by molar-refractivity contribution is -0.124. The highest BCUT2D eigenvalue weighted by Gasteiger charge is 2.39. The number of amides is 3. The number of hydrogen-bond donors (Lipinski definition) is 4. The molecule has 134 valence electrons. The Balaban J connectivity index is 1.35. The van der Waals surface area contributed by atoms with Crippen LogP contribution >= 0.6 is 0 Å². The van der Waals surface area contributed by atoms with E-state index in [0.29, 0.717) is 12.1 Å². The number of para-hydroxylation sites is 1. The number of nitrogens with zero attached hydrogens (tertiary/aromatic N) is 1. The average Bonchev–Trinajstić information content (AvgIpc) is 3.27. The summed E-state index contributed by atoms with van der Waals surface area (Å²) in [6.07, 6.45) is 3.98. The van der Waals surface area contributed by atoms with Gasteiger partial charge in [0.2, 0.25) is 0 Å². The standard InChI is InChI=1S/C20H17N5O2/c26-19-18-21-8-9-25(18)16-11-12-10-14(6-7-15(12)17(16)24-19)23-20(27)22-13-4-2-1-3-5-13/h1-10,18,21H,11H2,(H,24,26)(H2,22,23,27). The van der Waals surface area contributed by atoms with Gasteiger partial charge in [-0.3, -0.25) is 4.79 Å². The highest BCUT2D eigenvalue weighted by Crippen LogP contribution is 2.38. The first-order valence-electron chi connectivity index (χ1n) is 8.70. The van der Waals surface area contributed by atoms with Gasteiger partial charge in [-0.1, -0.05) is 24.3 Å². The molecular weight excluding hydrogens is 342 g/mol. The number of nitrogens with one attached hydrogen (secondary N) is 4. The summed E-state index contributed by atoms with van der Waals surface area (Å²) in [6.45, 7) is 0. The van der Waals surface area contributed by atoms with E-state index >= 15 is 0 Å². The molecule has 7 heteroatoms. The van der Waals surface area contributed by atoms with Crippen molar-refractivity contribution >= 4 is 29.0 Å². The number of urea groups is 1. The molecule has 2 aliphatic heterocycles. The summed E-state index contributed by atoms with van der Waals surface area (Å²) in [5.41, 5.74) is 5.40. The van der Waals surface area contributed by atoms with E-state index in [1.54, 1.807) is 6.20 Å². The van der Waals surface area contributed by atoms with Crippen LogP contribution in [0.15, 0.2) is 66.6 Å². The number of anilines is 2. The van der Waals surface area contributed by atoms with E-state index in [4.69, 9.17) is 0 Å². The first kappa shape index (κ1) is 15.5. The molecule has 3 amide bonds. The maximum Gasteiger partial charge on any atom is 0.323 e. The Morgan fingerprint density at radius 2 is 1.89 bits per heavy atom. The fraction of sp³-hybridized carbons (Fsp3) is 0.100. The lowest BCUT2D eigenvalue weighted by Gasteiger charge is -2.31. The molecule has 1 aliphatic carbocycles. The van der Waals surface area contributed by atoms with E-state index in [1.165, 1.54) is 0 Å². The lowest BCUT2D eigenvalue weighted by Crippen LogP contribution is -2.51. The first-order chi connectivity index (χ1) is 13.2. The molecule has 0 radical (unpaired) electrons. The Labute approximate surface area is 155 Å². The van der Waals surface area contributed by atoms with Crippen LogP contribution in [0.3, 0.4) is 0 Å². The summed E-state index contributed by atoms with van der Waals surface area (Å²) in [5, 5.41) is 11.7. The molecular formula is C20H17N5O2. The predicted octanol–water partition coefficient (Wildman–Crippen LogP) is 2.39. The van der Waals surface area contributed by atoms with Crippen LogP contribution in [0, 0.1) is 0 Å². The van der Waals surface area contributed by atoms with Gasteiger partial charge in [0.15, 0.2) is 6.17 Å². The molecule has 0 saturated heterocycles. The minimum atomic E-state index is -0.382. The van der Waals surface area contributed by atoms with Crippen molar-refractivity contribution in [1.82, 2.24) is 15.5 Å². The van der Waals surface area contributed by atoms with E-state index in [2.05, 4.69) is 21.3 Å². The fourth-order valence-corrected chi connectivity index (χ4v) is 3.68. The van der Waals surface area contributed by atoms with Gasteiger partial charge in [-0.05, 0) is 29.8 Å². The Morgan fingerprint density at radius 1 is 1.07 bits per heavy atom. The molecule has 0 bridgehead atoms. The second kappa shape index (κ2) is 5.91. The van der Waals surface area contributed by atoms with Crippen molar-refractivity contribution < 1.29 is 9.59 Å². The molecule has 0 aromatic heterocycles. The van der Waals surface area contributed by atoms with Crippen LogP contribution in [0.4, 0.5) is 16.2 Å². The second-order valence-electron chi connectivity index (χ2n) is 6.60. The van der Waals surface area contributed by atoms with Crippen LogP contribution in [0.1, 0.15) is 11.1 Å². The molecule has 2 aromatic rings. The van der Waals surface area contributed by atoms with Gasteiger partial charge in [-0.2, -0.15) is 0 Å². The normalized spacial score (nSPS) is 19.0. The third-order valence-corrected chi connectivity index (χ3v) is 4.89. The maximum atomic E-state index is 12.3. The summed E-state index contributed by atoms with van der Waals surface area (Å²) in [7, 11) is 0. The van der Waals surface area contributed by atoms with Gasteiger partial charge in [0.1, 0.15) is 0 Å². The molecule has 3 aliphatic rings. The van der Waals surface area contributed by atoms with E-state index in [1.807, 2.05) is 59.6 Å². The largest absolute Gasteiger partial charge is 0.362 e. The predicted molar refractivity (Wildman–Crippen MR) is 102 cm³/mol. The van der Waals surface area contributed by atoms with E-state index in [-0.39, 0.29) is 18.1 Å². The van der Waals surface area contributed by atoms with Gasteiger partial charge in [0.25, 0.3) is 5.91 Å². The van der Waals surface area contributed by atoms with Gasteiger partial charge in [0.05, 0.1) is 5.70 Å². The zero-order valence-corrected chi connectivity index (χ0v) is 14.3. The number of carbonyl (C=O) groups excluding carboxylic acids is 2. The Kier molecular flexibility index (Phi) is 3.39. The molecule has 2 heterocycles. The Morgan fingerprint density at radius 3 is 2.74 bits per heavy atom. The lowest BCUT2D eigenvalue weighted by atomic mass is 10.1. The maximum absolute atomic E-state index is 12.3. The van der Waals surface area contributed by atoms with Crippen molar-refractivity contribution in [2.45, 2.75) is 12.6 Å². The molecule has 1 atom stereocenters. The number of rotatable bonds is 2. The Hall–Kier alpha value is -3.74. The minimum Gasteiger partial charge on any atom is -0.362 e. The molecule has 2 aromatic carbocycles. The van der Waals surface area contributed by atoms with E-state index in [0.717, 1.165) is 28.2 Å². The van der Waals surface area contributed by atoms with Crippen LogP contribution < -0.4 is 21.3 Å². The molecule has 1 unspecified atom stereocenters. The SMILES string of the molecule is O=C(Nc1ccccc1)Nc1ccc2c(c1)CC1=C2NC(=O)C2NC=CN12. The number of carbonyl (C=O) groups is 2. The quantitative estimate of drug-likeness (QED) is 0.663. The van der Waals surface area contributed by atoms with Crippen LogP contribution in [0.5, 0.6) is 0 Å². The molecule has 4 N–H and O–H groups in total.